The van der Waals surface area contributed by atoms with E-state index >= 15 is 0 Å². The lowest BCUT2D eigenvalue weighted by molar-refractivity contribution is -0.150. The minimum Gasteiger partial charge on any atom is -0.481 e. The van der Waals surface area contributed by atoms with E-state index in [2.05, 4.69) is 13.8 Å². The summed E-state index contributed by atoms with van der Waals surface area (Å²) >= 11 is 0. The molecular weight excluding hydrogens is 484 g/mol. The predicted octanol–water partition coefficient (Wildman–Crippen LogP) is 11.7. The van der Waals surface area contributed by atoms with Gasteiger partial charge in [0.15, 0.2) is 0 Å². The second-order valence-electron chi connectivity index (χ2n) is 12.1. The first-order chi connectivity index (χ1) is 19.1. The lowest BCUT2D eigenvalue weighted by Crippen LogP contribution is -2.18. The number of aliphatic carboxylic acids is 1. The molecule has 0 heterocycles. The molecule has 0 amide bonds. The first kappa shape index (κ1) is 37.9. The van der Waals surface area contributed by atoms with Crippen molar-refractivity contribution < 1.29 is 19.4 Å². The number of unbranched alkanes of at least 4 members (excludes halogenated alkanes) is 23. The quantitative estimate of drug-likeness (QED) is 0.0665. The van der Waals surface area contributed by atoms with E-state index < -0.39 is 5.97 Å². The van der Waals surface area contributed by atoms with E-state index in [1.165, 1.54) is 109 Å². The van der Waals surface area contributed by atoms with Crippen LogP contribution in [0.25, 0.3) is 0 Å². The Balaban J connectivity index is 3.65. The fourth-order valence-electron chi connectivity index (χ4n) is 5.48. The number of hydrogen-bond donors (Lipinski definition) is 1. The summed E-state index contributed by atoms with van der Waals surface area (Å²) < 4.78 is 5.89. The summed E-state index contributed by atoms with van der Waals surface area (Å²) in [7, 11) is 0. The molecule has 0 aliphatic rings. The molecule has 0 saturated heterocycles. The van der Waals surface area contributed by atoms with Gasteiger partial charge in [-0.15, -0.1) is 0 Å². The average molecular weight is 553 g/mol. The lowest BCUT2D eigenvalue weighted by atomic mass is 10.0. The molecule has 1 unspecified atom stereocenters. The third kappa shape index (κ3) is 31.3. The molecule has 0 bridgehead atoms. The van der Waals surface area contributed by atoms with Gasteiger partial charge in [-0.3, -0.25) is 9.59 Å². The van der Waals surface area contributed by atoms with Crippen molar-refractivity contribution in [1.82, 2.24) is 0 Å². The maximum Gasteiger partial charge on any atom is 0.306 e. The first-order valence-electron chi connectivity index (χ1n) is 17.5. The Bertz CT molecular complexity index is 519. The minimum atomic E-state index is -0.693. The van der Waals surface area contributed by atoms with E-state index in [-0.39, 0.29) is 18.5 Å². The minimum absolute atomic E-state index is 0.00567. The molecule has 4 nitrogen and oxygen atoms in total. The molecule has 0 rings (SSSR count). The van der Waals surface area contributed by atoms with E-state index in [0.29, 0.717) is 6.42 Å². The van der Waals surface area contributed by atoms with Crippen LogP contribution in [0.1, 0.15) is 206 Å². The molecule has 0 aliphatic carbocycles. The first-order valence-corrected chi connectivity index (χ1v) is 17.5. The Morgan fingerprint density at radius 1 is 0.462 bits per heavy atom. The van der Waals surface area contributed by atoms with E-state index in [0.717, 1.165) is 70.6 Å². The Kier molecular flexibility index (Phi) is 30.6. The van der Waals surface area contributed by atoms with E-state index in [4.69, 9.17) is 9.84 Å². The molecule has 1 N–H and O–H groups in total. The maximum atomic E-state index is 12.4. The molecule has 0 aromatic rings. The van der Waals surface area contributed by atoms with Gasteiger partial charge >= 0.3 is 11.9 Å². The van der Waals surface area contributed by atoms with Gasteiger partial charge in [-0.25, -0.2) is 0 Å². The van der Waals surface area contributed by atoms with E-state index in [1.807, 2.05) is 0 Å². The molecule has 39 heavy (non-hydrogen) atoms. The molecule has 0 fully saturated rings. The van der Waals surface area contributed by atoms with Crippen LogP contribution in [0.2, 0.25) is 0 Å². The molecule has 0 spiro atoms. The maximum absolute atomic E-state index is 12.4. The van der Waals surface area contributed by atoms with Crippen LogP contribution in [0.4, 0.5) is 0 Å². The third-order valence-electron chi connectivity index (χ3n) is 8.08. The van der Waals surface area contributed by atoms with Crippen molar-refractivity contribution in [3.05, 3.63) is 0 Å². The summed E-state index contributed by atoms with van der Waals surface area (Å²) in [4.78, 5) is 23.0. The van der Waals surface area contributed by atoms with Gasteiger partial charge in [0.2, 0.25) is 0 Å². The van der Waals surface area contributed by atoms with Gasteiger partial charge in [0.1, 0.15) is 6.10 Å². The van der Waals surface area contributed by atoms with Gasteiger partial charge in [-0.1, -0.05) is 155 Å². The zero-order valence-electron chi connectivity index (χ0n) is 26.5. The molecule has 0 aromatic carbocycles. The predicted molar refractivity (Wildman–Crippen MR) is 167 cm³/mol. The highest BCUT2D eigenvalue weighted by Crippen LogP contribution is 2.18. The zero-order valence-corrected chi connectivity index (χ0v) is 26.5. The van der Waals surface area contributed by atoms with E-state index in [9.17, 15) is 9.59 Å². The molecule has 1 atom stereocenters. The average Bonchev–Trinajstić information content (AvgIpc) is 2.91. The van der Waals surface area contributed by atoms with Crippen LogP contribution in [0.15, 0.2) is 0 Å². The second-order valence-corrected chi connectivity index (χ2v) is 12.1. The standard InChI is InChI=1S/C35H68O4/c1-3-5-7-8-9-10-11-12-13-14-15-16-17-18-19-24-28-32-35(38)39-33(29-25-6-4-2)30-26-22-20-21-23-27-31-34(36)37/h33H,3-32H2,1-2H3,(H,36,37). The van der Waals surface area contributed by atoms with Gasteiger partial charge in [0.05, 0.1) is 0 Å². The summed E-state index contributed by atoms with van der Waals surface area (Å²) in [5.74, 6) is -0.687. The Morgan fingerprint density at radius 2 is 0.769 bits per heavy atom. The Morgan fingerprint density at radius 3 is 1.18 bits per heavy atom. The fraction of sp³-hybridized carbons (Fsp3) is 0.943. The smallest absolute Gasteiger partial charge is 0.306 e. The molecular formula is C35H68O4. The normalized spacial score (nSPS) is 12.1. The number of carboxylic acids is 1. The molecule has 0 aromatic heterocycles. The summed E-state index contributed by atoms with van der Waals surface area (Å²) in [6, 6.07) is 0. The number of rotatable bonds is 32. The topological polar surface area (TPSA) is 63.6 Å². The van der Waals surface area contributed by atoms with Crippen molar-refractivity contribution in [3.8, 4) is 0 Å². The van der Waals surface area contributed by atoms with Gasteiger partial charge in [-0.05, 0) is 38.5 Å². The summed E-state index contributed by atoms with van der Waals surface area (Å²) in [6.45, 7) is 4.50. The highest BCUT2D eigenvalue weighted by molar-refractivity contribution is 5.69. The van der Waals surface area contributed by atoms with E-state index in [1.54, 1.807) is 0 Å². The highest BCUT2D eigenvalue weighted by atomic mass is 16.5. The Hall–Kier alpha value is -1.06. The van der Waals surface area contributed by atoms with Gasteiger partial charge in [-0.2, -0.15) is 0 Å². The van der Waals surface area contributed by atoms with Crippen molar-refractivity contribution in [2.75, 3.05) is 0 Å². The van der Waals surface area contributed by atoms with Crippen molar-refractivity contribution >= 4 is 11.9 Å². The number of esters is 1. The summed E-state index contributed by atoms with van der Waals surface area (Å²) in [5, 5.41) is 8.71. The van der Waals surface area contributed by atoms with Crippen molar-refractivity contribution in [1.29, 1.82) is 0 Å². The third-order valence-corrected chi connectivity index (χ3v) is 8.08. The SMILES string of the molecule is CCCCCCCCCCCCCCCCCCCC(=O)OC(CCCCC)CCCCCCCCC(=O)O. The van der Waals surface area contributed by atoms with Crippen molar-refractivity contribution in [2.45, 2.75) is 213 Å². The second kappa shape index (κ2) is 31.5. The molecule has 232 valence electrons. The van der Waals surface area contributed by atoms with Crippen molar-refractivity contribution in [3.63, 3.8) is 0 Å². The molecule has 4 heteroatoms. The molecule has 0 saturated carbocycles. The number of ether oxygens (including phenoxy) is 1. The van der Waals surface area contributed by atoms with Gasteiger partial charge in [0.25, 0.3) is 0 Å². The Labute approximate surface area is 243 Å². The van der Waals surface area contributed by atoms with Crippen LogP contribution in [0, 0.1) is 0 Å². The van der Waals surface area contributed by atoms with Crippen LogP contribution in [-0.4, -0.2) is 23.1 Å². The number of carboxylic acid groups (broad SMARTS) is 1. The van der Waals surface area contributed by atoms with Gasteiger partial charge in [0, 0.05) is 12.8 Å². The van der Waals surface area contributed by atoms with Crippen LogP contribution >= 0.6 is 0 Å². The van der Waals surface area contributed by atoms with Crippen LogP contribution in [-0.2, 0) is 14.3 Å². The van der Waals surface area contributed by atoms with Crippen LogP contribution in [0.5, 0.6) is 0 Å². The van der Waals surface area contributed by atoms with Crippen LogP contribution in [0.3, 0.4) is 0 Å². The highest BCUT2D eigenvalue weighted by Gasteiger charge is 2.14. The summed E-state index contributed by atoms with van der Waals surface area (Å²) in [6.07, 6.45) is 35.7. The number of carbonyl (C=O) groups is 2. The molecule has 0 radical (unpaired) electrons. The largest absolute Gasteiger partial charge is 0.481 e. The van der Waals surface area contributed by atoms with Gasteiger partial charge < -0.3 is 9.84 Å². The fourth-order valence-corrected chi connectivity index (χ4v) is 5.48. The molecule has 0 aliphatic heterocycles. The zero-order chi connectivity index (χ0) is 28.7. The summed E-state index contributed by atoms with van der Waals surface area (Å²) in [5.41, 5.74) is 0. The number of hydrogen-bond acceptors (Lipinski definition) is 3. The lowest BCUT2D eigenvalue weighted by Gasteiger charge is -2.18. The monoisotopic (exact) mass is 553 g/mol. The van der Waals surface area contributed by atoms with Crippen LogP contribution < -0.4 is 0 Å². The van der Waals surface area contributed by atoms with Crippen molar-refractivity contribution in [2.24, 2.45) is 0 Å². The number of carbonyl (C=O) groups excluding carboxylic acids is 1.